The van der Waals surface area contributed by atoms with E-state index in [1.165, 1.54) is 5.56 Å². The van der Waals surface area contributed by atoms with Crippen molar-refractivity contribution >= 4 is 29.3 Å². The summed E-state index contributed by atoms with van der Waals surface area (Å²) in [6, 6.07) is 7.95. The highest BCUT2D eigenvalue weighted by Crippen LogP contribution is 2.33. The molecule has 1 aliphatic rings. The molecule has 6 heteroatoms. The lowest BCUT2D eigenvalue weighted by molar-refractivity contribution is 0.0781. The van der Waals surface area contributed by atoms with Gasteiger partial charge in [0, 0.05) is 50.2 Å². The maximum absolute atomic E-state index is 6.06. The summed E-state index contributed by atoms with van der Waals surface area (Å²) in [7, 11) is 3.87. The van der Waals surface area contributed by atoms with Gasteiger partial charge in [-0.3, -0.25) is 4.99 Å². The van der Waals surface area contributed by atoms with Crippen molar-refractivity contribution in [3.8, 4) is 0 Å². The van der Waals surface area contributed by atoms with Crippen LogP contribution in [0.3, 0.4) is 0 Å². The van der Waals surface area contributed by atoms with Gasteiger partial charge in [-0.2, -0.15) is 11.8 Å². The van der Waals surface area contributed by atoms with Gasteiger partial charge >= 0.3 is 0 Å². The first-order valence-electron chi connectivity index (χ1n) is 7.88. The van der Waals surface area contributed by atoms with Crippen LogP contribution in [0.1, 0.15) is 18.4 Å². The summed E-state index contributed by atoms with van der Waals surface area (Å²) in [5.41, 5.74) is 1.17. The number of guanidine groups is 1. The van der Waals surface area contributed by atoms with Crippen molar-refractivity contribution in [3.05, 3.63) is 34.9 Å². The molecule has 2 rings (SSSR count). The number of halogens is 1. The summed E-state index contributed by atoms with van der Waals surface area (Å²) in [6.07, 6.45) is 4.35. The molecule has 1 aliphatic heterocycles. The van der Waals surface area contributed by atoms with Crippen molar-refractivity contribution in [1.29, 1.82) is 0 Å². The molecule has 0 saturated carbocycles. The second-order valence-corrected chi connectivity index (χ2v) is 7.60. The Labute approximate surface area is 148 Å². The Balaban J connectivity index is 1.93. The maximum atomic E-state index is 6.06. The van der Waals surface area contributed by atoms with Crippen LogP contribution in [0.2, 0.25) is 5.02 Å². The molecule has 128 valence electrons. The Morgan fingerprint density at radius 2 is 2.17 bits per heavy atom. The average molecular weight is 356 g/mol. The molecule has 1 aromatic carbocycles. The molecule has 0 aliphatic carbocycles. The summed E-state index contributed by atoms with van der Waals surface area (Å²) < 4.78 is 5.74. The minimum Gasteiger partial charge on any atom is -0.381 e. The normalized spacial score (nSPS) is 17.8. The van der Waals surface area contributed by atoms with Gasteiger partial charge in [-0.25, -0.2) is 0 Å². The van der Waals surface area contributed by atoms with Gasteiger partial charge in [0.05, 0.1) is 0 Å². The van der Waals surface area contributed by atoms with Gasteiger partial charge in [0.2, 0.25) is 0 Å². The number of thioether (sulfide) groups is 1. The van der Waals surface area contributed by atoms with E-state index in [0.29, 0.717) is 0 Å². The number of hydrogen-bond acceptors (Lipinski definition) is 3. The highest BCUT2D eigenvalue weighted by atomic mass is 35.5. The highest BCUT2D eigenvalue weighted by molar-refractivity contribution is 8.00. The predicted octanol–water partition coefficient (Wildman–Crippen LogP) is 3.26. The van der Waals surface area contributed by atoms with E-state index in [1.807, 2.05) is 44.1 Å². The highest BCUT2D eigenvalue weighted by Gasteiger charge is 2.32. The summed E-state index contributed by atoms with van der Waals surface area (Å²) in [5, 5.41) is 4.30. The number of rotatable bonds is 5. The van der Waals surface area contributed by atoms with Gasteiger partial charge in [-0.1, -0.05) is 23.7 Å². The predicted molar refractivity (Wildman–Crippen MR) is 101 cm³/mol. The number of aliphatic imine (C=N–C) groups is 1. The van der Waals surface area contributed by atoms with Crippen LogP contribution in [-0.4, -0.2) is 55.7 Å². The second-order valence-electron chi connectivity index (χ2n) is 5.89. The van der Waals surface area contributed by atoms with Crippen LogP contribution in [0.4, 0.5) is 0 Å². The van der Waals surface area contributed by atoms with Gasteiger partial charge in [-0.15, -0.1) is 0 Å². The summed E-state index contributed by atoms with van der Waals surface area (Å²) in [6.45, 7) is 3.37. The third-order valence-electron chi connectivity index (χ3n) is 4.29. The van der Waals surface area contributed by atoms with Crippen LogP contribution < -0.4 is 5.32 Å². The zero-order chi connectivity index (χ0) is 16.7. The van der Waals surface area contributed by atoms with Crippen LogP contribution in [-0.2, 0) is 11.3 Å². The third-order valence-corrected chi connectivity index (χ3v) is 5.94. The number of ether oxygens (including phenoxy) is 1. The van der Waals surface area contributed by atoms with E-state index >= 15 is 0 Å². The molecule has 1 N–H and O–H groups in total. The average Bonchev–Trinajstić information content (AvgIpc) is 2.56. The van der Waals surface area contributed by atoms with Crippen molar-refractivity contribution in [2.75, 3.05) is 40.1 Å². The van der Waals surface area contributed by atoms with Gasteiger partial charge in [0.25, 0.3) is 0 Å². The fraction of sp³-hybridized carbons (Fsp3) is 0.588. The van der Waals surface area contributed by atoms with Gasteiger partial charge < -0.3 is 15.0 Å². The summed E-state index contributed by atoms with van der Waals surface area (Å²) in [4.78, 5) is 6.54. The maximum Gasteiger partial charge on any atom is 0.193 e. The molecule has 1 saturated heterocycles. The molecule has 1 heterocycles. The van der Waals surface area contributed by atoms with E-state index in [1.54, 1.807) is 0 Å². The van der Waals surface area contributed by atoms with E-state index in [4.69, 9.17) is 16.3 Å². The molecule has 4 nitrogen and oxygen atoms in total. The Hall–Kier alpha value is -0.910. The quantitative estimate of drug-likeness (QED) is 0.649. The molecule has 0 unspecified atom stereocenters. The van der Waals surface area contributed by atoms with E-state index in [2.05, 4.69) is 27.5 Å². The number of hydrogen-bond donors (Lipinski definition) is 1. The fourth-order valence-corrected chi connectivity index (χ4v) is 3.81. The van der Waals surface area contributed by atoms with Crippen molar-refractivity contribution in [2.24, 2.45) is 4.99 Å². The topological polar surface area (TPSA) is 36.9 Å². The van der Waals surface area contributed by atoms with Crippen LogP contribution in [0.5, 0.6) is 0 Å². The number of nitrogens with one attached hydrogen (secondary N) is 1. The summed E-state index contributed by atoms with van der Waals surface area (Å²) in [5.74, 6) is 0.907. The molecule has 23 heavy (non-hydrogen) atoms. The largest absolute Gasteiger partial charge is 0.381 e. The first-order valence-corrected chi connectivity index (χ1v) is 9.48. The Morgan fingerprint density at radius 3 is 2.78 bits per heavy atom. The molecule has 0 spiro atoms. The minimum atomic E-state index is 0.241. The second kappa shape index (κ2) is 8.81. The Morgan fingerprint density at radius 1 is 1.43 bits per heavy atom. The van der Waals surface area contributed by atoms with E-state index < -0.39 is 0 Å². The lowest BCUT2D eigenvalue weighted by atomic mass is 9.99. The molecule has 0 aromatic heterocycles. The zero-order valence-corrected chi connectivity index (χ0v) is 15.7. The molecule has 1 aromatic rings. The monoisotopic (exact) mass is 355 g/mol. The van der Waals surface area contributed by atoms with Crippen LogP contribution in [0, 0.1) is 0 Å². The van der Waals surface area contributed by atoms with Gasteiger partial charge in [0.15, 0.2) is 5.96 Å². The molecule has 0 atom stereocenters. The van der Waals surface area contributed by atoms with Crippen LogP contribution >= 0.6 is 23.4 Å². The first kappa shape index (κ1) is 18.4. The van der Waals surface area contributed by atoms with E-state index in [0.717, 1.165) is 50.1 Å². The minimum absolute atomic E-state index is 0.241. The Bertz CT molecular complexity index is 532. The van der Waals surface area contributed by atoms with E-state index in [9.17, 15) is 0 Å². The molecule has 1 fully saturated rings. The number of benzene rings is 1. The lowest BCUT2D eigenvalue weighted by Crippen LogP contribution is -2.48. The lowest BCUT2D eigenvalue weighted by Gasteiger charge is -2.37. The van der Waals surface area contributed by atoms with Crippen molar-refractivity contribution in [1.82, 2.24) is 10.2 Å². The Kier molecular flexibility index (Phi) is 7.06. The van der Waals surface area contributed by atoms with Crippen molar-refractivity contribution < 1.29 is 4.74 Å². The molecular formula is C17H26ClN3OS. The molecule has 0 amide bonds. The molecule has 0 bridgehead atoms. The van der Waals surface area contributed by atoms with Gasteiger partial charge in [-0.05, 0) is 36.8 Å². The summed E-state index contributed by atoms with van der Waals surface area (Å²) >= 11 is 7.99. The molecular weight excluding hydrogens is 330 g/mol. The van der Waals surface area contributed by atoms with Gasteiger partial charge in [0.1, 0.15) is 0 Å². The van der Waals surface area contributed by atoms with Crippen molar-refractivity contribution in [3.63, 3.8) is 0 Å². The smallest absolute Gasteiger partial charge is 0.193 e. The van der Waals surface area contributed by atoms with Crippen molar-refractivity contribution in [2.45, 2.75) is 24.1 Å². The zero-order valence-electron chi connectivity index (χ0n) is 14.1. The number of nitrogens with zero attached hydrogens (tertiary/aromatic N) is 2. The first-order chi connectivity index (χ1) is 11.1. The standard InChI is InChI=1S/C17H26ClN3OS/c1-19-16(20-13-17(23-3)7-9-22-10-8-17)21(2)12-14-5-4-6-15(18)11-14/h4-6,11H,7-10,12-13H2,1-3H3,(H,19,20). The fourth-order valence-electron chi connectivity index (χ4n) is 2.81. The third kappa shape index (κ3) is 5.30. The SMILES string of the molecule is CN=C(NCC1(SC)CCOCC1)N(C)Cc1cccc(Cl)c1. The molecule has 0 radical (unpaired) electrons. The van der Waals surface area contributed by atoms with E-state index in [-0.39, 0.29) is 4.75 Å². The van der Waals surface area contributed by atoms with Crippen LogP contribution in [0.25, 0.3) is 0 Å². The van der Waals surface area contributed by atoms with Crippen LogP contribution in [0.15, 0.2) is 29.3 Å².